The molecule has 2 aromatic heterocycles. The Morgan fingerprint density at radius 1 is 1.00 bits per heavy atom. The maximum atomic E-state index is 11.4. The first-order valence-corrected chi connectivity index (χ1v) is 8.05. The first kappa shape index (κ1) is 15.2. The van der Waals surface area contributed by atoms with Gasteiger partial charge in [-0.25, -0.2) is 0 Å². The van der Waals surface area contributed by atoms with Gasteiger partial charge in [-0.1, -0.05) is 48.5 Å². The van der Waals surface area contributed by atoms with Gasteiger partial charge in [0, 0.05) is 21.4 Å². The van der Waals surface area contributed by atoms with Crippen LogP contribution in [0.15, 0.2) is 77.4 Å². The summed E-state index contributed by atoms with van der Waals surface area (Å²) in [7, 11) is 0. The Morgan fingerprint density at radius 3 is 2.48 bits per heavy atom. The highest BCUT2D eigenvalue weighted by atomic mass is 16.6. The van der Waals surface area contributed by atoms with E-state index in [-0.39, 0.29) is 17.4 Å². The Morgan fingerprint density at radius 2 is 1.76 bits per heavy atom. The second-order valence-electron chi connectivity index (χ2n) is 5.92. The van der Waals surface area contributed by atoms with Crippen molar-refractivity contribution >= 4 is 10.9 Å². The largest absolute Gasteiger partial charge is 0.463 e. The van der Waals surface area contributed by atoms with Crippen molar-refractivity contribution in [2.45, 2.75) is 5.92 Å². The Hall–Kier alpha value is -3.34. The van der Waals surface area contributed by atoms with E-state index in [9.17, 15) is 10.1 Å². The van der Waals surface area contributed by atoms with E-state index in [1.807, 2.05) is 66.7 Å². The Labute approximate surface area is 144 Å². The van der Waals surface area contributed by atoms with Gasteiger partial charge in [0.15, 0.2) is 0 Å². The zero-order chi connectivity index (χ0) is 17.2. The summed E-state index contributed by atoms with van der Waals surface area (Å²) in [6, 6.07) is 21.1. The van der Waals surface area contributed by atoms with E-state index in [0.717, 1.165) is 27.7 Å². The van der Waals surface area contributed by atoms with Gasteiger partial charge in [-0.05, 0) is 23.8 Å². The molecule has 0 radical (unpaired) electrons. The third-order valence-electron chi connectivity index (χ3n) is 4.40. The molecule has 0 spiro atoms. The molecule has 4 aromatic rings. The second-order valence-corrected chi connectivity index (χ2v) is 5.92. The number of benzene rings is 2. The molecule has 0 aliphatic rings. The van der Waals surface area contributed by atoms with Crippen molar-refractivity contribution in [3.8, 4) is 11.5 Å². The highest BCUT2D eigenvalue weighted by molar-refractivity contribution is 5.91. The lowest BCUT2D eigenvalue weighted by Gasteiger charge is -2.15. The van der Waals surface area contributed by atoms with Gasteiger partial charge in [-0.15, -0.1) is 0 Å². The van der Waals surface area contributed by atoms with Crippen LogP contribution in [0.1, 0.15) is 17.0 Å². The first-order valence-electron chi connectivity index (χ1n) is 8.05. The number of hydrogen-bond donors (Lipinski definition) is 1. The Kier molecular flexibility index (Phi) is 3.82. The highest BCUT2D eigenvalue weighted by Gasteiger charge is 2.28. The van der Waals surface area contributed by atoms with Crippen molar-refractivity contribution < 1.29 is 9.34 Å². The minimum atomic E-state index is -0.368. The summed E-state index contributed by atoms with van der Waals surface area (Å²) in [6.45, 7) is -0.181. The molecule has 0 saturated carbocycles. The summed E-state index contributed by atoms with van der Waals surface area (Å²) in [5, 5.41) is 12.4. The van der Waals surface area contributed by atoms with Crippen LogP contribution in [-0.4, -0.2) is 16.5 Å². The van der Waals surface area contributed by atoms with Crippen LogP contribution in [0.3, 0.4) is 0 Å². The topological polar surface area (TPSA) is 72.1 Å². The predicted octanol–water partition coefficient (Wildman–Crippen LogP) is 4.84. The molecule has 0 aliphatic heterocycles. The zero-order valence-corrected chi connectivity index (χ0v) is 13.4. The fraction of sp³-hybridized carbons (Fsp3) is 0.100. The van der Waals surface area contributed by atoms with Gasteiger partial charge in [-0.3, -0.25) is 10.1 Å². The van der Waals surface area contributed by atoms with E-state index in [2.05, 4.69) is 4.98 Å². The van der Waals surface area contributed by atoms with E-state index in [4.69, 9.17) is 4.42 Å². The average molecular weight is 332 g/mol. The summed E-state index contributed by atoms with van der Waals surface area (Å²) >= 11 is 0. The number of nitrogens with one attached hydrogen (secondary N) is 1. The van der Waals surface area contributed by atoms with Crippen LogP contribution in [0.5, 0.6) is 0 Å². The smallest absolute Gasteiger partial charge is 0.214 e. The fourth-order valence-electron chi connectivity index (χ4n) is 3.34. The van der Waals surface area contributed by atoms with E-state index < -0.39 is 0 Å². The molecule has 0 fully saturated rings. The first-order chi connectivity index (χ1) is 12.2. The molecule has 4 rings (SSSR count). The van der Waals surface area contributed by atoms with Crippen molar-refractivity contribution in [2.75, 3.05) is 6.54 Å². The number of aromatic amines is 1. The van der Waals surface area contributed by atoms with Crippen LogP contribution in [0, 0.1) is 10.1 Å². The van der Waals surface area contributed by atoms with Crippen molar-refractivity contribution in [1.82, 2.24) is 4.98 Å². The number of H-pyrrole nitrogens is 1. The number of fused-ring (bicyclic) bond motifs is 1. The number of aromatic nitrogens is 1. The maximum Gasteiger partial charge on any atom is 0.214 e. The molecular weight excluding hydrogens is 316 g/mol. The number of hydrogen-bond acceptors (Lipinski definition) is 3. The molecule has 0 amide bonds. The van der Waals surface area contributed by atoms with Crippen molar-refractivity contribution in [3.63, 3.8) is 0 Å². The summed E-state index contributed by atoms with van der Waals surface area (Å²) in [5.74, 6) is 0.308. The minimum Gasteiger partial charge on any atom is -0.463 e. The molecule has 1 atom stereocenters. The molecule has 5 nitrogen and oxygen atoms in total. The molecule has 2 aromatic carbocycles. The Bertz CT molecular complexity index is 1000. The van der Waals surface area contributed by atoms with E-state index in [1.54, 1.807) is 6.26 Å². The van der Waals surface area contributed by atoms with Gasteiger partial charge in [0.25, 0.3) is 0 Å². The number of nitro groups is 1. The SMILES string of the molecule is O=[N+]([O-])CC(c1ccccc1)c1c(-c2ccco2)[nH]c2ccccc12. The van der Waals surface area contributed by atoms with Gasteiger partial charge in [0.2, 0.25) is 6.54 Å². The molecule has 25 heavy (non-hydrogen) atoms. The molecule has 124 valence electrons. The Balaban J connectivity index is 1.99. The third kappa shape index (κ3) is 2.80. The lowest BCUT2D eigenvalue weighted by atomic mass is 9.88. The van der Waals surface area contributed by atoms with E-state index in [0.29, 0.717) is 5.76 Å². The minimum absolute atomic E-state index is 0.181. The summed E-state index contributed by atoms with van der Waals surface area (Å²) in [4.78, 5) is 14.5. The van der Waals surface area contributed by atoms with Crippen LogP contribution >= 0.6 is 0 Å². The van der Waals surface area contributed by atoms with Crippen LogP contribution in [-0.2, 0) is 0 Å². The van der Waals surface area contributed by atoms with E-state index in [1.165, 1.54) is 0 Å². The zero-order valence-electron chi connectivity index (χ0n) is 13.4. The molecule has 0 aliphatic carbocycles. The lowest BCUT2D eigenvalue weighted by Crippen LogP contribution is -2.14. The number of rotatable bonds is 5. The molecule has 5 heteroatoms. The number of para-hydroxylation sites is 1. The summed E-state index contributed by atoms with van der Waals surface area (Å²) in [6.07, 6.45) is 1.61. The molecule has 1 unspecified atom stereocenters. The standard InChI is InChI=1S/C20H16N2O3/c23-22(24)13-16(14-7-2-1-3-8-14)19-15-9-4-5-10-17(15)21-20(19)18-11-6-12-25-18/h1-12,16,21H,13H2. The maximum absolute atomic E-state index is 11.4. The van der Waals surface area contributed by atoms with Crippen molar-refractivity contribution in [3.05, 3.63) is 94.2 Å². The predicted molar refractivity (Wildman–Crippen MR) is 96.1 cm³/mol. The highest BCUT2D eigenvalue weighted by Crippen LogP contribution is 2.39. The normalized spacial score (nSPS) is 12.3. The van der Waals surface area contributed by atoms with Crippen LogP contribution in [0.4, 0.5) is 0 Å². The number of furan rings is 1. The van der Waals surface area contributed by atoms with Gasteiger partial charge in [0.05, 0.1) is 17.9 Å². The van der Waals surface area contributed by atoms with Gasteiger partial charge < -0.3 is 9.40 Å². The van der Waals surface area contributed by atoms with Crippen molar-refractivity contribution in [1.29, 1.82) is 0 Å². The molecule has 2 heterocycles. The quantitative estimate of drug-likeness (QED) is 0.420. The van der Waals surface area contributed by atoms with Crippen molar-refractivity contribution in [2.24, 2.45) is 0 Å². The van der Waals surface area contributed by atoms with Crippen LogP contribution in [0.25, 0.3) is 22.4 Å². The number of nitrogens with zero attached hydrogens (tertiary/aromatic N) is 1. The monoisotopic (exact) mass is 332 g/mol. The van der Waals surface area contributed by atoms with Crippen LogP contribution in [0.2, 0.25) is 0 Å². The molecule has 0 bridgehead atoms. The van der Waals surface area contributed by atoms with E-state index >= 15 is 0 Å². The van der Waals surface area contributed by atoms with Crippen LogP contribution < -0.4 is 0 Å². The van der Waals surface area contributed by atoms with Gasteiger partial charge >= 0.3 is 0 Å². The van der Waals surface area contributed by atoms with Gasteiger partial charge in [-0.2, -0.15) is 0 Å². The molecule has 1 N–H and O–H groups in total. The van der Waals surface area contributed by atoms with Gasteiger partial charge in [0.1, 0.15) is 5.76 Å². The lowest BCUT2D eigenvalue weighted by molar-refractivity contribution is -0.481. The fourth-order valence-corrected chi connectivity index (χ4v) is 3.34. The molecule has 0 saturated heterocycles. The molecular formula is C20H16N2O3. The summed E-state index contributed by atoms with van der Waals surface area (Å²) < 4.78 is 5.58. The average Bonchev–Trinajstić information content (AvgIpc) is 3.28. The summed E-state index contributed by atoms with van der Waals surface area (Å²) in [5.41, 5.74) is 3.54. The third-order valence-corrected chi connectivity index (χ3v) is 4.40. The second kappa shape index (κ2) is 6.28.